The Morgan fingerprint density at radius 1 is 1.08 bits per heavy atom. The molecular formula is C29H39N3O7. The van der Waals surface area contributed by atoms with Gasteiger partial charge in [-0.15, -0.1) is 0 Å². The highest BCUT2D eigenvalue weighted by Gasteiger charge is 2.48. The van der Waals surface area contributed by atoms with Crippen molar-refractivity contribution in [2.75, 3.05) is 18.6 Å². The van der Waals surface area contributed by atoms with E-state index >= 15 is 0 Å². The van der Waals surface area contributed by atoms with Gasteiger partial charge >= 0.3 is 6.09 Å². The number of H-pyrrole nitrogens is 1. The van der Waals surface area contributed by atoms with E-state index in [-0.39, 0.29) is 17.5 Å². The van der Waals surface area contributed by atoms with Crippen LogP contribution in [0.3, 0.4) is 0 Å². The number of benzene rings is 1. The number of anilines is 1. The molecule has 3 atom stereocenters. The van der Waals surface area contributed by atoms with E-state index in [9.17, 15) is 14.4 Å². The normalized spacial score (nSPS) is 22.4. The van der Waals surface area contributed by atoms with Crippen molar-refractivity contribution in [3.63, 3.8) is 0 Å². The molecule has 0 bridgehead atoms. The number of nitrogens with zero attached hydrogens (tertiary/aromatic N) is 1. The summed E-state index contributed by atoms with van der Waals surface area (Å²) >= 11 is 0. The quantitative estimate of drug-likeness (QED) is 0.587. The number of carbonyl (C=O) groups excluding carboxylic acids is 2. The van der Waals surface area contributed by atoms with E-state index in [1.807, 2.05) is 54.5 Å². The smallest absolute Gasteiger partial charge is 0.407 e. The van der Waals surface area contributed by atoms with Crippen LogP contribution in [-0.2, 0) is 9.47 Å². The third-order valence-corrected chi connectivity index (χ3v) is 7.06. The van der Waals surface area contributed by atoms with Crippen LogP contribution in [0, 0.1) is 27.7 Å². The molecular weight excluding hydrogens is 502 g/mol. The van der Waals surface area contributed by atoms with Gasteiger partial charge in [-0.2, -0.15) is 0 Å². The summed E-state index contributed by atoms with van der Waals surface area (Å²) in [4.78, 5) is 42.5. The summed E-state index contributed by atoms with van der Waals surface area (Å²) in [6, 6.07) is 3.42. The number of carbonyl (C=O) groups is 2. The van der Waals surface area contributed by atoms with E-state index in [0.29, 0.717) is 53.3 Å². The van der Waals surface area contributed by atoms with Gasteiger partial charge in [0, 0.05) is 30.8 Å². The van der Waals surface area contributed by atoms with Crippen LogP contribution in [0.5, 0.6) is 11.5 Å². The molecule has 10 heteroatoms. The number of alkyl carbamates (subject to hydrolysis) is 1. The van der Waals surface area contributed by atoms with Crippen LogP contribution >= 0.6 is 0 Å². The van der Waals surface area contributed by atoms with Gasteiger partial charge < -0.3 is 34.1 Å². The maximum Gasteiger partial charge on any atom is 0.407 e. The van der Waals surface area contributed by atoms with Gasteiger partial charge in [0.25, 0.3) is 17.3 Å². The molecule has 1 aromatic carbocycles. The van der Waals surface area contributed by atoms with Crippen LogP contribution < -0.4 is 25.2 Å². The van der Waals surface area contributed by atoms with Crippen LogP contribution in [-0.4, -0.2) is 54.2 Å². The van der Waals surface area contributed by atoms with Crippen molar-refractivity contribution in [1.82, 2.24) is 10.3 Å². The highest BCUT2D eigenvalue weighted by Crippen LogP contribution is 2.48. The molecule has 1 saturated heterocycles. The molecule has 2 aromatic rings. The Labute approximate surface area is 229 Å². The summed E-state index contributed by atoms with van der Waals surface area (Å²) in [5.41, 5.74) is 2.63. The summed E-state index contributed by atoms with van der Waals surface area (Å²) in [6.45, 7) is 14.8. The Hall–Kier alpha value is -3.53. The van der Waals surface area contributed by atoms with Gasteiger partial charge in [-0.3, -0.25) is 9.59 Å². The number of nitrogens with one attached hydrogen (secondary N) is 2. The molecule has 0 radical (unpaired) electrons. The van der Waals surface area contributed by atoms with Crippen molar-refractivity contribution < 1.29 is 28.5 Å². The Bertz CT molecular complexity index is 1350. The minimum absolute atomic E-state index is 0.180. The highest BCUT2D eigenvalue weighted by atomic mass is 16.8. The second-order valence-corrected chi connectivity index (χ2v) is 11.7. The number of ether oxygens (including phenoxy) is 4. The van der Waals surface area contributed by atoms with E-state index in [0.717, 1.165) is 11.3 Å². The number of amides is 2. The lowest BCUT2D eigenvalue weighted by Gasteiger charge is -2.37. The number of fused-ring (bicyclic) bond motifs is 1. The van der Waals surface area contributed by atoms with Gasteiger partial charge in [0.1, 0.15) is 17.4 Å². The fourth-order valence-corrected chi connectivity index (χ4v) is 5.19. The SMILES string of the molecule is Cc1cc(C)c(N(C)C(=O)c2cc(C)c3c(c2C)OC(C)([C@@H]2CC[C@@H](NC(=O)OC(C)(C)C)CO2)O3)c(=O)[nH]1. The Morgan fingerprint density at radius 3 is 2.33 bits per heavy atom. The van der Waals surface area contributed by atoms with Crippen LogP contribution in [0.1, 0.15) is 73.3 Å². The predicted molar refractivity (Wildman–Crippen MR) is 147 cm³/mol. The lowest BCUT2D eigenvalue weighted by molar-refractivity contribution is -0.185. The zero-order valence-electron chi connectivity index (χ0n) is 24.2. The van der Waals surface area contributed by atoms with Gasteiger partial charge in [-0.05, 0) is 84.6 Å². The van der Waals surface area contributed by atoms with Gasteiger partial charge in [0.05, 0.1) is 12.6 Å². The third kappa shape index (κ3) is 5.75. The number of aryl methyl sites for hydroxylation is 3. The van der Waals surface area contributed by atoms with Gasteiger partial charge in [0.2, 0.25) is 0 Å². The first-order valence-corrected chi connectivity index (χ1v) is 13.2. The molecule has 2 aliphatic rings. The fraction of sp³-hybridized carbons (Fsp3) is 0.552. The van der Waals surface area contributed by atoms with Crippen molar-refractivity contribution in [3.8, 4) is 11.5 Å². The minimum Gasteiger partial charge on any atom is -0.446 e. The number of pyridine rings is 1. The van der Waals surface area contributed by atoms with E-state index < -0.39 is 23.6 Å². The molecule has 39 heavy (non-hydrogen) atoms. The Kier molecular flexibility index (Phi) is 7.46. The van der Waals surface area contributed by atoms with Crippen LogP contribution in [0.25, 0.3) is 0 Å². The second-order valence-electron chi connectivity index (χ2n) is 11.7. The largest absolute Gasteiger partial charge is 0.446 e. The monoisotopic (exact) mass is 541 g/mol. The van der Waals surface area contributed by atoms with E-state index in [2.05, 4.69) is 10.3 Å². The molecule has 4 rings (SSSR count). The molecule has 2 amide bonds. The maximum absolute atomic E-state index is 13.6. The lowest BCUT2D eigenvalue weighted by Crippen LogP contribution is -2.54. The lowest BCUT2D eigenvalue weighted by atomic mass is 9.99. The topological polar surface area (TPSA) is 119 Å². The first-order chi connectivity index (χ1) is 18.1. The third-order valence-electron chi connectivity index (χ3n) is 7.06. The molecule has 212 valence electrons. The van der Waals surface area contributed by atoms with Crippen LogP contribution in [0.15, 0.2) is 16.9 Å². The summed E-state index contributed by atoms with van der Waals surface area (Å²) in [5.74, 6) is -0.372. The number of aromatic amines is 1. The van der Waals surface area contributed by atoms with Gasteiger partial charge in [-0.1, -0.05) is 0 Å². The molecule has 1 aromatic heterocycles. The average Bonchev–Trinajstić information content (AvgIpc) is 3.19. The molecule has 1 unspecified atom stereocenters. The number of aromatic nitrogens is 1. The highest BCUT2D eigenvalue weighted by molar-refractivity contribution is 6.07. The standard InChI is InChI=1S/C29H39N3O7/c1-15-12-17(3)30-25(33)22(15)32(9)26(34)20-13-16(2)23-24(18(20)4)38-29(8,37-23)21-11-10-19(14-36-21)31-27(35)39-28(5,6)7/h12-13,19,21H,10-11,14H2,1-9H3,(H,30,33)(H,31,35)/t19-,21+,29?/m1/s1. The van der Waals surface area contributed by atoms with Crippen LogP contribution in [0.2, 0.25) is 0 Å². The van der Waals surface area contributed by atoms with Gasteiger partial charge in [-0.25, -0.2) is 4.79 Å². The van der Waals surface area contributed by atoms with Crippen LogP contribution in [0.4, 0.5) is 10.5 Å². The zero-order valence-corrected chi connectivity index (χ0v) is 24.2. The molecule has 10 nitrogen and oxygen atoms in total. The molecule has 1 fully saturated rings. The minimum atomic E-state index is -1.10. The molecule has 0 aliphatic carbocycles. The van der Waals surface area contributed by atoms with Gasteiger partial charge in [0.15, 0.2) is 11.5 Å². The number of hydrogen-bond acceptors (Lipinski definition) is 7. The Morgan fingerprint density at radius 2 is 1.74 bits per heavy atom. The molecule has 0 saturated carbocycles. The van der Waals surface area contributed by atoms with Crippen molar-refractivity contribution in [2.45, 2.75) is 91.8 Å². The van der Waals surface area contributed by atoms with Crippen molar-refractivity contribution in [2.24, 2.45) is 0 Å². The molecule has 2 aliphatic heterocycles. The molecule has 3 heterocycles. The Balaban J connectivity index is 1.50. The summed E-state index contributed by atoms with van der Waals surface area (Å²) in [7, 11) is 1.59. The average molecular weight is 542 g/mol. The predicted octanol–water partition coefficient (Wildman–Crippen LogP) is 4.44. The number of rotatable bonds is 4. The summed E-state index contributed by atoms with van der Waals surface area (Å²) in [5, 5.41) is 2.85. The number of hydrogen-bond donors (Lipinski definition) is 2. The molecule has 2 N–H and O–H groups in total. The van der Waals surface area contributed by atoms with E-state index in [4.69, 9.17) is 18.9 Å². The molecule has 0 spiro atoms. The maximum atomic E-state index is 13.6. The van der Waals surface area contributed by atoms with Crippen molar-refractivity contribution in [1.29, 1.82) is 0 Å². The first kappa shape index (κ1) is 28.5. The first-order valence-electron chi connectivity index (χ1n) is 13.2. The zero-order chi connectivity index (χ0) is 28.9. The van der Waals surface area contributed by atoms with Crippen molar-refractivity contribution >= 4 is 17.7 Å². The van der Waals surface area contributed by atoms with E-state index in [1.54, 1.807) is 20.0 Å². The summed E-state index contributed by atoms with van der Waals surface area (Å²) in [6.07, 6.45) is 0.390. The summed E-state index contributed by atoms with van der Waals surface area (Å²) < 4.78 is 24.1. The fourth-order valence-electron chi connectivity index (χ4n) is 5.19. The van der Waals surface area contributed by atoms with Crippen molar-refractivity contribution in [3.05, 3.63) is 50.4 Å². The van der Waals surface area contributed by atoms with E-state index in [1.165, 1.54) is 4.90 Å². The second kappa shape index (κ2) is 10.2.